The van der Waals surface area contributed by atoms with Gasteiger partial charge in [-0.05, 0) is 32.4 Å². The average molecular weight is 327 g/mol. The van der Waals surface area contributed by atoms with E-state index in [1.54, 1.807) is 6.07 Å². The number of primary amides is 1. The topological polar surface area (TPSA) is 82.7 Å². The molecule has 1 amide bonds. The third-order valence-corrected chi connectivity index (χ3v) is 4.44. The number of aromatic nitrogens is 1. The summed E-state index contributed by atoms with van der Waals surface area (Å²) in [5.41, 5.74) is 5.55. The first-order valence-corrected chi connectivity index (χ1v) is 7.92. The minimum atomic E-state index is -0.523. The van der Waals surface area contributed by atoms with E-state index in [0.29, 0.717) is 22.4 Å². The molecule has 1 aliphatic rings. The van der Waals surface area contributed by atoms with Gasteiger partial charge in [0.05, 0.1) is 10.6 Å². The van der Waals surface area contributed by atoms with Crippen LogP contribution in [0.2, 0.25) is 5.02 Å². The summed E-state index contributed by atoms with van der Waals surface area (Å²) in [7, 11) is 2.10. The Morgan fingerprint density at radius 1 is 1.55 bits per heavy atom. The van der Waals surface area contributed by atoms with E-state index in [4.69, 9.17) is 22.4 Å². The number of hydrogen-bond donors (Lipinski definition) is 2. The molecule has 0 aromatic carbocycles. The standard InChI is InChI=1S/C15H23ClN4O2/c1-19(5-2-8-21)12-3-6-20(7-4-12)15-13(16)9-11(10-18-15)14(17)22/h9-10,12,21H,2-8H2,1H3,(H2,17,22). The van der Waals surface area contributed by atoms with Gasteiger partial charge in [0.15, 0.2) is 0 Å². The Kier molecular flexibility index (Phi) is 5.99. The zero-order chi connectivity index (χ0) is 16.1. The molecule has 1 aromatic heterocycles. The number of hydrogen-bond acceptors (Lipinski definition) is 5. The highest BCUT2D eigenvalue weighted by Gasteiger charge is 2.24. The van der Waals surface area contributed by atoms with E-state index in [0.717, 1.165) is 38.9 Å². The summed E-state index contributed by atoms with van der Waals surface area (Å²) in [4.78, 5) is 19.9. The van der Waals surface area contributed by atoms with E-state index >= 15 is 0 Å². The monoisotopic (exact) mass is 326 g/mol. The molecular formula is C15H23ClN4O2. The highest BCUT2D eigenvalue weighted by Crippen LogP contribution is 2.27. The van der Waals surface area contributed by atoms with Crippen LogP contribution in [0.25, 0.3) is 0 Å². The third kappa shape index (κ3) is 4.09. The van der Waals surface area contributed by atoms with Crippen LogP contribution in [0.5, 0.6) is 0 Å². The van der Waals surface area contributed by atoms with Crippen LogP contribution in [-0.4, -0.2) is 60.2 Å². The second-order valence-corrected chi connectivity index (χ2v) is 6.08. The Morgan fingerprint density at radius 3 is 2.77 bits per heavy atom. The predicted octanol–water partition coefficient (Wildman–Crippen LogP) is 1.12. The van der Waals surface area contributed by atoms with Crippen molar-refractivity contribution in [3.05, 3.63) is 22.8 Å². The van der Waals surface area contributed by atoms with Gasteiger partial charge in [0.1, 0.15) is 5.82 Å². The molecule has 0 aliphatic carbocycles. The quantitative estimate of drug-likeness (QED) is 0.818. The lowest BCUT2D eigenvalue weighted by Crippen LogP contribution is -2.44. The van der Waals surface area contributed by atoms with Gasteiger partial charge in [-0.3, -0.25) is 4.79 Å². The molecule has 122 valence electrons. The van der Waals surface area contributed by atoms with Crippen molar-refractivity contribution >= 4 is 23.3 Å². The fraction of sp³-hybridized carbons (Fsp3) is 0.600. The normalized spacial score (nSPS) is 16.3. The number of piperidine rings is 1. The fourth-order valence-electron chi connectivity index (χ4n) is 2.82. The molecule has 0 radical (unpaired) electrons. The molecule has 3 N–H and O–H groups in total. The summed E-state index contributed by atoms with van der Waals surface area (Å²) in [5.74, 6) is 0.188. The van der Waals surface area contributed by atoms with Crippen LogP contribution in [0, 0.1) is 0 Å². The number of carbonyl (C=O) groups is 1. The summed E-state index contributed by atoms with van der Waals surface area (Å²) < 4.78 is 0. The van der Waals surface area contributed by atoms with E-state index in [1.807, 2.05) is 0 Å². The largest absolute Gasteiger partial charge is 0.396 e. The molecule has 1 fully saturated rings. The third-order valence-electron chi connectivity index (χ3n) is 4.16. The molecule has 0 spiro atoms. The molecule has 1 aliphatic heterocycles. The summed E-state index contributed by atoms with van der Waals surface area (Å²) >= 11 is 6.22. The zero-order valence-electron chi connectivity index (χ0n) is 12.8. The molecule has 6 nitrogen and oxygen atoms in total. The van der Waals surface area contributed by atoms with Crippen molar-refractivity contribution in [2.75, 3.05) is 38.2 Å². The van der Waals surface area contributed by atoms with E-state index in [1.165, 1.54) is 6.20 Å². The van der Waals surface area contributed by atoms with Crippen LogP contribution in [0.3, 0.4) is 0 Å². The maximum atomic E-state index is 11.1. The smallest absolute Gasteiger partial charge is 0.250 e. The molecular weight excluding hydrogens is 304 g/mol. The summed E-state index contributed by atoms with van der Waals surface area (Å²) in [6, 6.07) is 2.09. The number of nitrogens with zero attached hydrogens (tertiary/aromatic N) is 3. The predicted molar refractivity (Wildman–Crippen MR) is 87.3 cm³/mol. The van der Waals surface area contributed by atoms with Gasteiger partial charge in [-0.1, -0.05) is 11.6 Å². The molecule has 22 heavy (non-hydrogen) atoms. The van der Waals surface area contributed by atoms with E-state index in [9.17, 15) is 4.79 Å². The number of anilines is 1. The minimum Gasteiger partial charge on any atom is -0.396 e. The van der Waals surface area contributed by atoms with Gasteiger partial charge in [-0.15, -0.1) is 0 Å². The number of rotatable bonds is 6. The number of pyridine rings is 1. The van der Waals surface area contributed by atoms with Crippen molar-refractivity contribution in [2.45, 2.75) is 25.3 Å². The first kappa shape index (κ1) is 17.0. The van der Waals surface area contributed by atoms with Crippen LogP contribution in [0.1, 0.15) is 29.6 Å². The molecule has 0 saturated carbocycles. The van der Waals surface area contributed by atoms with Gasteiger partial charge in [-0.2, -0.15) is 0 Å². The molecule has 2 rings (SSSR count). The maximum Gasteiger partial charge on any atom is 0.250 e. The highest BCUT2D eigenvalue weighted by atomic mass is 35.5. The second-order valence-electron chi connectivity index (χ2n) is 5.67. The number of carbonyl (C=O) groups excluding carboxylic acids is 1. The van der Waals surface area contributed by atoms with Gasteiger partial charge >= 0.3 is 0 Å². The van der Waals surface area contributed by atoms with Crippen LogP contribution in [0.4, 0.5) is 5.82 Å². The number of amides is 1. The Hall–Kier alpha value is -1.37. The summed E-state index contributed by atoms with van der Waals surface area (Å²) in [6.45, 7) is 2.88. The SMILES string of the molecule is CN(CCCO)C1CCN(c2ncc(C(N)=O)cc2Cl)CC1. The van der Waals surface area contributed by atoms with Crippen molar-refractivity contribution in [3.63, 3.8) is 0 Å². The number of aliphatic hydroxyl groups is 1. The van der Waals surface area contributed by atoms with Crippen LogP contribution >= 0.6 is 11.6 Å². The van der Waals surface area contributed by atoms with E-state index in [-0.39, 0.29) is 6.61 Å². The molecule has 0 bridgehead atoms. The number of nitrogens with two attached hydrogens (primary N) is 1. The van der Waals surface area contributed by atoms with E-state index in [2.05, 4.69) is 21.8 Å². The molecule has 7 heteroatoms. The summed E-state index contributed by atoms with van der Waals surface area (Å²) in [6.07, 6.45) is 4.33. The van der Waals surface area contributed by atoms with Crippen LogP contribution in [-0.2, 0) is 0 Å². The number of aliphatic hydroxyl groups excluding tert-OH is 1. The van der Waals surface area contributed by atoms with Crippen molar-refractivity contribution in [2.24, 2.45) is 5.73 Å². The van der Waals surface area contributed by atoms with Gasteiger partial charge in [0, 0.05) is 38.5 Å². The van der Waals surface area contributed by atoms with Crippen LogP contribution < -0.4 is 10.6 Å². The van der Waals surface area contributed by atoms with Gasteiger partial charge in [0.25, 0.3) is 0 Å². The molecule has 1 saturated heterocycles. The van der Waals surface area contributed by atoms with Gasteiger partial charge < -0.3 is 20.6 Å². The Balaban J connectivity index is 1.95. The second kappa shape index (κ2) is 7.76. The maximum absolute atomic E-state index is 11.1. The first-order valence-electron chi connectivity index (χ1n) is 7.54. The first-order chi connectivity index (χ1) is 10.5. The molecule has 0 unspecified atom stereocenters. The molecule has 2 heterocycles. The highest BCUT2D eigenvalue weighted by molar-refractivity contribution is 6.33. The lowest BCUT2D eigenvalue weighted by molar-refractivity contribution is 0.1000. The van der Waals surface area contributed by atoms with Crippen molar-refractivity contribution in [3.8, 4) is 0 Å². The Morgan fingerprint density at radius 2 is 2.23 bits per heavy atom. The lowest BCUT2D eigenvalue weighted by atomic mass is 10.0. The fourth-order valence-corrected chi connectivity index (χ4v) is 3.11. The number of halogens is 1. The van der Waals surface area contributed by atoms with Crippen molar-refractivity contribution in [1.82, 2.24) is 9.88 Å². The van der Waals surface area contributed by atoms with Gasteiger partial charge in [-0.25, -0.2) is 4.98 Å². The lowest BCUT2D eigenvalue weighted by Gasteiger charge is -2.37. The Bertz CT molecular complexity index is 518. The molecule has 1 aromatic rings. The average Bonchev–Trinajstić information content (AvgIpc) is 2.52. The minimum absolute atomic E-state index is 0.231. The molecule has 0 atom stereocenters. The van der Waals surface area contributed by atoms with Crippen molar-refractivity contribution in [1.29, 1.82) is 0 Å². The summed E-state index contributed by atoms with van der Waals surface area (Å²) in [5, 5.41) is 9.37. The van der Waals surface area contributed by atoms with Crippen LogP contribution in [0.15, 0.2) is 12.3 Å². The van der Waals surface area contributed by atoms with E-state index < -0.39 is 5.91 Å². The van der Waals surface area contributed by atoms with Crippen molar-refractivity contribution < 1.29 is 9.90 Å². The van der Waals surface area contributed by atoms with Gasteiger partial charge in [0.2, 0.25) is 5.91 Å². The zero-order valence-corrected chi connectivity index (χ0v) is 13.6. The Labute approximate surface area is 135 Å².